The minimum Gasteiger partial charge on any atom is -0.507 e. The number of thiophene rings is 1. The zero-order chi connectivity index (χ0) is 21.1. The standard InChI is InChI=1S/C22H26N2O4S/c1-14(2)28-16-8-5-7-15(13-16)20(25)18-19(17-9-6-12-29-17)24(11-10-23(3)4)22(27)21(18)26/h5-9,12-14,19,25H,10-11H2,1-4H3/b20-18-. The van der Waals surface area contributed by atoms with Gasteiger partial charge in [0.1, 0.15) is 11.5 Å². The van der Waals surface area contributed by atoms with Crippen molar-refractivity contribution in [2.45, 2.75) is 26.0 Å². The number of hydrogen-bond acceptors (Lipinski definition) is 6. The number of rotatable bonds is 7. The summed E-state index contributed by atoms with van der Waals surface area (Å²) in [5, 5.41) is 13.0. The number of Topliss-reactive ketones (excluding diaryl/α,β-unsaturated/α-hetero) is 1. The van der Waals surface area contributed by atoms with E-state index >= 15 is 0 Å². The summed E-state index contributed by atoms with van der Waals surface area (Å²) in [6, 6.07) is 10.1. The highest BCUT2D eigenvalue weighted by Crippen LogP contribution is 2.41. The molecule has 1 aromatic carbocycles. The van der Waals surface area contributed by atoms with Crippen LogP contribution >= 0.6 is 11.3 Å². The van der Waals surface area contributed by atoms with Gasteiger partial charge in [0.25, 0.3) is 11.7 Å². The molecule has 6 nitrogen and oxygen atoms in total. The van der Waals surface area contributed by atoms with Gasteiger partial charge in [-0.2, -0.15) is 0 Å². The molecule has 1 aliphatic rings. The fourth-order valence-corrected chi connectivity index (χ4v) is 4.15. The maximum Gasteiger partial charge on any atom is 0.295 e. The first-order valence-corrected chi connectivity index (χ1v) is 10.4. The zero-order valence-electron chi connectivity index (χ0n) is 17.1. The third-order valence-corrected chi connectivity index (χ3v) is 5.54. The van der Waals surface area contributed by atoms with Gasteiger partial charge in [-0.25, -0.2) is 0 Å². The van der Waals surface area contributed by atoms with Crippen LogP contribution < -0.4 is 4.74 Å². The van der Waals surface area contributed by atoms with Crippen molar-refractivity contribution in [1.82, 2.24) is 9.80 Å². The Hall–Kier alpha value is -2.64. The number of carbonyl (C=O) groups excluding carboxylic acids is 2. The lowest BCUT2D eigenvalue weighted by atomic mass is 9.99. The van der Waals surface area contributed by atoms with E-state index in [4.69, 9.17) is 4.74 Å². The van der Waals surface area contributed by atoms with Crippen molar-refractivity contribution >= 4 is 28.8 Å². The normalized spacial score (nSPS) is 18.8. The minimum absolute atomic E-state index is 0.0184. The first-order chi connectivity index (χ1) is 13.8. The molecule has 1 saturated heterocycles. The molecule has 0 spiro atoms. The lowest BCUT2D eigenvalue weighted by Gasteiger charge is -2.25. The molecule has 1 atom stereocenters. The predicted molar refractivity (Wildman–Crippen MR) is 114 cm³/mol. The fourth-order valence-electron chi connectivity index (χ4n) is 3.31. The summed E-state index contributed by atoms with van der Waals surface area (Å²) < 4.78 is 5.70. The van der Waals surface area contributed by atoms with Crippen molar-refractivity contribution in [1.29, 1.82) is 0 Å². The lowest BCUT2D eigenvalue weighted by molar-refractivity contribution is -0.140. The van der Waals surface area contributed by atoms with E-state index in [1.807, 2.05) is 50.4 Å². The number of benzene rings is 1. The van der Waals surface area contributed by atoms with Gasteiger partial charge in [-0.15, -0.1) is 11.3 Å². The highest BCUT2D eigenvalue weighted by atomic mass is 32.1. The second-order valence-electron chi connectivity index (χ2n) is 7.51. The number of carbonyl (C=O) groups is 2. The molecule has 2 aromatic rings. The van der Waals surface area contributed by atoms with Crippen molar-refractivity contribution in [2.75, 3.05) is 27.2 Å². The van der Waals surface area contributed by atoms with Gasteiger partial charge in [0.05, 0.1) is 17.7 Å². The first kappa shape index (κ1) is 21.1. The number of likely N-dealkylation sites (N-methyl/N-ethyl adjacent to an activating group) is 1. The minimum atomic E-state index is -0.658. The molecule has 7 heteroatoms. The number of ketones is 1. The van der Waals surface area contributed by atoms with Crippen molar-refractivity contribution in [3.63, 3.8) is 0 Å². The van der Waals surface area contributed by atoms with E-state index in [1.54, 1.807) is 29.2 Å². The monoisotopic (exact) mass is 414 g/mol. The summed E-state index contributed by atoms with van der Waals surface area (Å²) in [5.41, 5.74) is 0.577. The van der Waals surface area contributed by atoms with Crippen LogP contribution in [0.15, 0.2) is 47.4 Å². The van der Waals surface area contributed by atoms with Gasteiger partial charge in [-0.05, 0) is 51.5 Å². The molecule has 1 aliphatic heterocycles. The molecule has 0 aliphatic carbocycles. The second kappa shape index (κ2) is 8.80. The van der Waals surface area contributed by atoms with Crippen LogP contribution in [0.3, 0.4) is 0 Å². The molecule has 1 unspecified atom stereocenters. The summed E-state index contributed by atoms with van der Waals surface area (Å²) >= 11 is 1.46. The largest absolute Gasteiger partial charge is 0.507 e. The molecular weight excluding hydrogens is 388 g/mol. The average molecular weight is 415 g/mol. The van der Waals surface area contributed by atoms with Gasteiger partial charge < -0.3 is 19.6 Å². The van der Waals surface area contributed by atoms with Gasteiger partial charge in [-0.1, -0.05) is 18.2 Å². The lowest BCUT2D eigenvalue weighted by Crippen LogP contribution is -2.35. The number of nitrogens with zero attached hydrogens (tertiary/aromatic N) is 2. The number of aliphatic hydroxyl groups excluding tert-OH is 1. The van der Waals surface area contributed by atoms with Crippen LogP contribution in [-0.4, -0.2) is 59.9 Å². The van der Waals surface area contributed by atoms with E-state index in [0.29, 0.717) is 24.4 Å². The Labute approximate surface area is 175 Å². The Morgan fingerprint density at radius 1 is 1.24 bits per heavy atom. The van der Waals surface area contributed by atoms with Crippen LogP contribution in [0.2, 0.25) is 0 Å². The summed E-state index contributed by atoms with van der Waals surface area (Å²) in [5.74, 6) is -0.821. The quantitative estimate of drug-likeness (QED) is 0.426. The molecule has 1 amide bonds. The molecule has 0 saturated carbocycles. The Bertz CT molecular complexity index is 919. The van der Waals surface area contributed by atoms with Crippen LogP contribution in [0.5, 0.6) is 5.75 Å². The van der Waals surface area contributed by atoms with E-state index in [2.05, 4.69) is 0 Å². The Balaban J connectivity index is 2.07. The van der Waals surface area contributed by atoms with Gasteiger partial charge in [-0.3, -0.25) is 9.59 Å². The highest BCUT2D eigenvalue weighted by molar-refractivity contribution is 7.10. The van der Waals surface area contributed by atoms with Crippen LogP contribution in [0.25, 0.3) is 5.76 Å². The number of hydrogen-bond donors (Lipinski definition) is 1. The third kappa shape index (κ3) is 4.52. The molecular formula is C22H26N2O4S. The number of ether oxygens (including phenoxy) is 1. The van der Waals surface area contributed by atoms with Crippen molar-refractivity contribution in [3.8, 4) is 5.75 Å². The van der Waals surface area contributed by atoms with Crippen LogP contribution in [0.4, 0.5) is 0 Å². The molecule has 3 rings (SSSR count). The molecule has 2 heterocycles. The summed E-state index contributed by atoms with van der Waals surface area (Å²) in [6.45, 7) is 4.85. The Morgan fingerprint density at radius 3 is 2.62 bits per heavy atom. The van der Waals surface area contributed by atoms with Crippen LogP contribution in [0.1, 0.15) is 30.3 Å². The molecule has 1 aromatic heterocycles. The van der Waals surface area contributed by atoms with Gasteiger partial charge in [0.2, 0.25) is 0 Å². The number of aliphatic hydroxyl groups is 1. The topological polar surface area (TPSA) is 70.1 Å². The third-order valence-electron chi connectivity index (χ3n) is 4.62. The van der Waals surface area contributed by atoms with Crippen molar-refractivity contribution in [3.05, 3.63) is 57.8 Å². The smallest absolute Gasteiger partial charge is 0.295 e. The van der Waals surface area contributed by atoms with Gasteiger partial charge >= 0.3 is 0 Å². The first-order valence-electron chi connectivity index (χ1n) is 9.53. The molecule has 154 valence electrons. The van der Waals surface area contributed by atoms with Crippen molar-refractivity contribution < 1.29 is 19.4 Å². The Kier molecular flexibility index (Phi) is 6.39. The molecule has 0 radical (unpaired) electrons. The maximum atomic E-state index is 12.9. The SMILES string of the molecule is CC(C)Oc1cccc(/C(O)=C2/C(=O)C(=O)N(CCN(C)C)C2c2cccs2)c1. The molecule has 1 fully saturated rings. The van der Waals surface area contributed by atoms with E-state index in [-0.39, 0.29) is 17.4 Å². The summed E-state index contributed by atoms with van der Waals surface area (Å²) in [6.07, 6.45) is -0.0184. The van der Waals surface area contributed by atoms with E-state index in [0.717, 1.165) is 4.88 Å². The molecule has 1 N–H and O–H groups in total. The Morgan fingerprint density at radius 2 is 2.00 bits per heavy atom. The van der Waals surface area contributed by atoms with Crippen LogP contribution in [-0.2, 0) is 9.59 Å². The number of amides is 1. The van der Waals surface area contributed by atoms with Gasteiger partial charge in [0, 0.05) is 23.5 Å². The van der Waals surface area contributed by atoms with Crippen LogP contribution in [0, 0.1) is 0 Å². The summed E-state index contributed by atoms with van der Waals surface area (Å²) in [4.78, 5) is 30.0. The molecule has 0 bridgehead atoms. The highest BCUT2D eigenvalue weighted by Gasteiger charge is 2.46. The maximum absolute atomic E-state index is 12.9. The van der Waals surface area contributed by atoms with E-state index in [9.17, 15) is 14.7 Å². The second-order valence-corrected chi connectivity index (χ2v) is 8.48. The van der Waals surface area contributed by atoms with Crippen molar-refractivity contribution in [2.24, 2.45) is 0 Å². The van der Waals surface area contributed by atoms with E-state index in [1.165, 1.54) is 11.3 Å². The zero-order valence-corrected chi connectivity index (χ0v) is 17.9. The molecule has 29 heavy (non-hydrogen) atoms. The predicted octanol–water partition coefficient (Wildman–Crippen LogP) is 3.52. The number of likely N-dealkylation sites (tertiary alicyclic amines) is 1. The van der Waals surface area contributed by atoms with E-state index < -0.39 is 17.7 Å². The van der Waals surface area contributed by atoms with Gasteiger partial charge in [0.15, 0.2) is 0 Å². The fraction of sp³-hybridized carbons (Fsp3) is 0.364. The summed E-state index contributed by atoms with van der Waals surface area (Å²) in [7, 11) is 3.83. The average Bonchev–Trinajstić information content (AvgIpc) is 3.27.